The van der Waals surface area contributed by atoms with Crippen LogP contribution in [-0.2, 0) is 19.3 Å². The zero-order chi connectivity index (χ0) is 37.7. The molecule has 0 aliphatic carbocycles. The fourth-order valence-electron chi connectivity index (χ4n) is 6.53. The van der Waals surface area contributed by atoms with Gasteiger partial charge in [-0.2, -0.15) is 0 Å². The van der Waals surface area contributed by atoms with Crippen LogP contribution in [-0.4, -0.2) is 0 Å². The van der Waals surface area contributed by atoms with Crippen LogP contribution in [0.2, 0.25) is 0 Å². The summed E-state index contributed by atoms with van der Waals surface area (Å²) in [6.07, 6.45) is 19.8. The highest BCUT2D eigenvalue weighted by molar-refractivity contribution is 9.12. The molecule has 0 radical (unpaired) electrons. The van der Waals surface area contributed by atoms with Crippen LogP contribution in [0.4, 0.5) is 0 Å². The van der Waals surface area contributed by atoms with Gasteiger partial charge in [0.25, 0.3) is 0 Å². The highest BCUT2D eigenvalue weighted by Crippen LogP contribution is 2.43. The molecular formula is C44H61Br3S5. The fraction of sp³-hybridized carbons (Fsp3) is 0.545. The Morgan fingerprint density at radius 2 is 0.846 bits per heavy atom. The van der Waals surface area contributed by atoms with Gasteiger partial charge >= 0.3 is 0 Å². The molecule has 5 rings (SSSR count). The summed E-state index contributed by atoms with van der Waals surface area (Å²) in [6, 6.07) is 15.8. The van der Waals surface area contributed by atoms with E-state index in [9.17, 15) is 0 Å². The van der Waals surface area contributed by atoms with Gasteiger partial charge in [-0.1, -0.05) is 119 Å². The van der Waals surface area contributed by atoms with Crippen molar-refractivity contribution in [2.24, 2.45) is 17.8 Å². The zero-order valence-corrected chi connectivity index (χ0v) is 41.1. The van der Waals surface area contributed by atoms with E-state index in [1.807, 2.05) is 46.1 Å². The first-order chi connectivity index (χ1) is 25.3. The summed E-state index contributed by atoms with van der Waals surface area (Å²) in [5, 5.41) is 6.77. The molecule has 5 heterocycles. The fourth-order valence-corrected chi connectivity index (χ4v) is 13.4. The number of hydrogen-bond acceptors (Lipinski definition) is 5. The third-order valence-corrected chi connectivity index (χ3v) is 17.3. The van der Waals surface area contributed by atoms with Gasteiger partial charge in [0.1, 0.15) is 0 Å². The average molecular weight is 990 g/mol. The Kier molecular flexibility index (Phi) is 23.8. The molecule has 52 heavy (non-hydrogen) atoms. The molecule has 5 aromatic rings. The Labute approximate surface area is 362 Å². The lowest BCUT2D eigenvalue weighted by atomic mass is 9.92. The maximum Gasteiger partial charge on any atom is 0.0730 e. The van der Waals surface area contributed by atoms with Crippen LogP contribution in [0.25, 0.3) is 19.5 Å². The summed E-state index contributed by atoms with van der Waals surface area (Å²) in [5.41, 5.74) is 4.63. The maximum atomic E-state index is 3.61. The number of halogens is 3. The molecular weight excluding hydrogens is 929 g/mol. The van der Waals surface area contributed by atoms with Crippen LogP contribution in [0.15, 0.2) is 70.0 Å². The van der Waals surface area contributed by atoms with Gasteiger partial charge in [0.2, 0.25) is 0 Å². The molecule has 3 atom stereocenters. The minimum atomic E-state index is 0.825. The maximum absolute atomic E-state index is 3.61. The van der Waals surface area contributed by atoms with Crippen LogP contribution >= 0.6 is 104 Å². The average Bonchev–Trinajstić information content (AvgIpc) is 4.01. The zero-order valence-electron chi connectivity index (χ0n) is 32.3. The molecule has 0 spiro atoms. The summed E-state index contributed by atoms with van der Waals surface area (Å²) in [7, 11) is 0. The Bertz CT molecular complexity index is 1530. The van der Waals surface area contributed by atoms with Crippen molar-refractivity contribution in [2.75, 3.05) is 0 Å². The molecule has 3 unspecified atom stereocenters. The van der Waals surface area contributed by atoms with Crippen LogP contribution in [0.3, 0.4) is 0 Å². The predicted molar refractivity (Wildman–Crippen MR) is 254 cm³/mol. The lowest BCUT2D eigenvalue weighted by Crippen LogP contribution is -2.03. The van der Waals surface area contributed by atoms with Gasteiger partial charge in [0, 0.05) is 19.5 Å². The second-order valence-electron chi connectivity index (χ2n) is 13.8. The highest BCUT2D eigenvalue weighted by atomic mass is 79.9. The molecule has 0 nitrogen and oxygen atoms in total. The van der Waals surface area contributed by atoms with Crippen LogP contribution in [0.1, 0.15) is 135 Å². The van der Waals surface area contributed by atoms with Crippen molar-refractivity contribution in [3.63, 3.8) is 0 Å². The monoisotopic (exact) mass is 986 g/mol. The normalized spacial score (nSPS) is 12.9. The molecule has 0 fully saturated rings. The van der Waals surface area contributed by atoms with Gasteiger partial charge in [-0.3, -0.25) is 0 Å². The van der Waals surface area contributed by atoms with Gasteiger partial charge in [0.15, 0.2) is 0 Å². The lowest BCUT2D eigenvalue weighted by Gasteiger charge is -2.14. The summed E-state index contributed by atoms with van der Waals surface area (Å²) < 4.78 is 3.66. The van der Waals surface area contributed by atoms with Gasteiger partial charge in [-0.15, -0.1) is 56.7 Å². The van der Waals surface area contributed by atoms with Crippen molar-refractivity contribution in [2.45, 2.75) is 138 Å². The standard InChI is InChI=1S/C28H40S3.C12H19BrS.C4H2Br2S/c1-5-9-11-21(7-3)19-23-15-17-29-27(23)25-13-14-26(31-25)28-24(16-18-30-28)20-22(8-4)12-10-6-2;1-3-5-6-10(4-2)9-11-7-8-14-12(11)13;5-3-1-2-4(6)7-3/h13-18,21-22H,5-12,19-20H2,1-4H3;7-8,10H,3-6,9H2,1-2H3;1-2H. The summed E-state index contributed by atoms with van der Waals surface area (Å²) in [5.74, 6) is 2.53. The minimum absolute atomic E-state index is 0.825. The summed E-state index contributed by atoms with van der Waals surface area (Å²) in [4.78, 5) is 5.95. The van der Waals surface area contributed by atoms with Crippen molar-refractivity contribution in [1.82, 2.24) is 0 Å². The highest BCUT2D eigenvalue weighted by Gasteiger charge is 2.18. The molecule has 0 saturated heterocycles. The Morgan fingerprint density at radius 3 is 1.17 bits per heavy atom. The molecule has 0 aliphatic heterocycles. The Morgan fingerprint density at radius 1 is 0.462 bits per heavy atom. The summed E-state index contributed by atoms with van der Waals surface area (Å²) in [6.45, 7) is 13.9. The SMILES string of the molecule is Brc1ccc(Br)s1.CCCCC(CC)Cc1ccsc1-c1ccc(-c2sccc2CC(CC)CCCC)s1.CCCCC(CC)Cc1ccsc1Br. The molecule has 5 aromatic heterocycles. The number of unbranched alkanes of at least 4 members (excludes halogenated alkanes) is 3. The van der Waals surface area contributed by atoms with Crippen molar-refractivity contribution in [3.8, 4) is 19.5 Å². The Balaban J connectivity index is 0.000000283. The van der Waals surface area contributed by atoms with E-state index in [4.69, 9.17) is 0 Å². The molecule has 0 N–H and O–H groups in total. The first-order valence-corrected chi connectivity index (χ1v) is 26.3. The van der Waals surface area contributed by atoms with Crippen LogP contribution < -0.4 is 0 Å². The molecule has 0 aliphatic rings. The largest absolute Gasteiger partial charge is 0.143 e. The smallest absolute Gasteiger partial charge is 0.0730 e. The molecule has 8 heteroatoms. The molecule has 0 aromatic carbocycles. The Hall–Kier alpha value is -0.0600. The van der Waals surface area contributed by atoms with Gasteiger partial charge in [-0.25, -0.2) is 0 Å². The summed E-state index contributed by atoms with van der Waals surface area (Å²) >= 11 is 19.6. The van der Waals surface area contributed by atoms with Crippen molar-refractivity contribution in [3.05, 3.63) is 86.7 Å². The third kappa shape index (κ3) is 16.2. The lowest BCUT2D eigenvalue weighted by molar-refractivity contribution is 0.449. The first kappa shape index (κ1) is 46.3. The van der Waals surface area contributed by atoms with E-state index in [-0.39, 0.29) is 0 Å². The number of rotatable bonds is 20. The van der Waals surface area contributed by atoms with Crippen molar-refractivity contribution < 1.29 is 0 Å². The van der Waals surface area contributed by atoms with E-state index in [1.165, 1.54) is 133 Å². The van der Waals surface area contributed by atoms with Gasteiger partial charge in [0.05, 0.1) is 11.4 Å². The van der Waals surface area contributed by atoms with E-state index >= 15 is 0 Å². The number of thiophene rings is 5. The number of hydrogen-bond donors (Lipinski definition) is 0. The van der Waals surface area contributed by atoms with Crippen LogP contribution in [0.5, 0.6) is 0 Å². The molecule has 0 saturated carbocycles. The molecule has 288 valence electrons. The van der Waals surface area contributed by atoms with Gasteiger partial charge in [-0.05, 0) is 160 Å². The van der Waals surface area contributed by atoms with E-state index < -0.39 is 0 Å². The molecule has 0 amide bonds. The first-order valence-electron chi connectivity index (χ1n) is 19.6. The van der Waals surface area contributed by atoms with Crippen molar-refractivity contribution >= 4 is 104 Å². The second-order valence-corrected chi connectivity index (χ2v) is 22.8. The predicted octanol–water partition coefficient (Wildman–Crippen LogP) is 19.3. The van der Waals surface area contributed by atoms with E-state index in [0.717, 1.165) is 17.8 Å². The van der Waals surface area contributed by atoms with E-state index in [1.54, 1.807) is 33.8 Å². The third-order valence-electron chi connectivity index (χ3n) is 9.94. The van der Waals surface area contributed by atoms with E-state index in [0.29, 0.717) is 0 Å². The van der Waals surface area contributed by atoms with Crippen molar-refractivity contribution in [1.29, 1.82) is 0 Å². The molecule has 0 bridgehead atoms. The minimum Gasteiger partial charge on any atom is -0.143 e. The van der Waals surface area contributed by atoms with Crippen LogP contribution in [0, 0.1) is 17.8 Å². The topological polar surface area (TPSA) is 0 Å². The second kappa shape index (κ2) is 26.7. The van der Waals surface area contributed by atoms with Gasteiger partial charge < -0.3 is 0 Å². The van der Waals surface area contributed by atoms with E-state index in [2.05, 4.69) is 136 Å². The quantitative estimate of drug-likeness (QED) is 0.0729.